The van der Waals surface area contributed by atoms with Crippen LogP contribution in [0.4, 0.5) is 0 Å². The summed E-state index contributed by atoms with van der Waals surface area (Å²) in [5.74, 6) is -0.259. The summed E-state index contributed by atoms with van der Waals surface area (Å²) in [5.41, 5.74) is 6.15. The lowest BCUT2D eigenvalue weighted by Gasteiger charge is -2.26. The maximum Gasteiger partial charge on any atom is 0.251 e. The summed E-state index contributed by atoms with van der Waals surface area (Å²) in [5, 5.41) is 2.81. The number of hydrogen-bond acceptors (Lipinski definition) is 4. The summed E-state index contributed by atoms with van der Waals surface area (Å²) >= 11 is 0. The average molecular weight is 356 g/mol. The first-order valence-electron chi connectivity index (χ1n) is 8.37. The van der Waals surface area contributed by atoms with E-state index in [0.717, 1.165) is 12.8 Å². The van der Waals surface area contributed by atoms with Gasteiger partial charge in [-0.3, -0.25) is 4.79 Å². The Morgan fingerprint density at radius 3 is 2.17 bits per heavy atom. The van der Waals surface area contributed by atoms with Crippen LogP contribution in [0.25, 0.3) is 0 Å². The fraction of sp³-hybridized carbons (Fsp3) is 0.588. The van der Waals surface area contributed by atoms with E-state index in [4.69, 9.17) is 5.73 Å². The van der Waals surface area contributed by atoms with Gasteiger partial charge < -0.3 is 11.1 Å². The molecule has 1 unspecified atom stereocenters. The molecule has 6 nitrogen and oxygen atoms in total. The Morgan fingerprint density at radius 1 is 1.17 bits per heavy atom. The van der Waals surface area contributed by atoms with Crippen LogP contribution in [0, 0.1) is 0 Å². The summed E-state index contributed by atoms with van der Waals surface area (Å²) in [7, 11) is -3.56. The normalized spacial score (nSPS) is 13.5. The van der Waals surface area contributed by atoms with E-state index >= 15 is 0 Å². The number of benzene rings is 1. The number of hydrogen-bond donors (Lipinski definition) is 3. The lowest BCUT2D eigenvalue weighted by Crippen LogP contribution is -2.49. The second-order valence-corrected chi connectivity index (χ2v) is 7.92. The SMILES string of the molecule is CCC(C)NS(=O)(=O)c1ccc(C(=O)NCC(N)(CC)CC)cc1. The molecule has 0 aliphatic carbocycles. The van der Waals surface area contributed by atoms with Crippen molar-refractivity contribution in [2.75, 3.05) is 6.54 Å². The van der Waals surface area contributed by atoms with Crippen molar-refractivity contribution >= 4 is 15.9 Å². The highest BCUT2D eigenvalue weighted by Gasteiger charge is 2.21. The molecule has 0 aliphatic rings. The van der Waals surface area contributed by atoms with Gasteiger partial charge in [-0.2, -0.15) is 0 Å². The highest BCUT2D eigenvalue weighted by molar-refractivity contribution is 7.89. The first-order valence-corrected chi connectivity index (χ1v) is 9.85. The number of sulfonamides is 1. The summed E-state index contributed by atoms with van der Waals surface area (Å²) in [6.45, 7) is 8.07. The van der Waals surface area contributed by atoms with Gasteiger partial charge in [0, 0.05) is 23.7 Å². The second-order valence-electron chi connectivity index (χ2n) is 6.21. The molecule has 0 saturated heterocycles. The molecule has 0 radical (unpaired) electrons. The van der Waals surface area contributed by atoms with Crippen molar-refractivity contribution in [1.29, 1.82) is 0 Å². The first-order chi connectivity index (χ1) is 11.2. The molecule has 1 amide bonds. The van der Waals surface area contributed by atoms with Gasteiger partial charge in [-0.25, -0.2) is 13.1 Å². The van der Waals surface area contributed by atoms with Crippen LogP contribution < -0.4 is 15.8 Å². The fourth-order valence-electron chi connectivity index (χ4n) is 2.06. The van der Waals surface area contributed by atoms with Crippen molar-refractivity contribution in [3.63, 3.8) is 0 Å². The van der Waals surface area contributed by atoms with Gasteiger partial charge in [0.15, 0.2) is 0 Å². The van der Waals surface area contributed by atoms with Crippen LogP contribution in [0.1, 0.15) is 57.3 Å². The maximum atomic E-state index is 12.2. The molecule has 0 fully saturated rings. The minimum Gasteiger partial charge on any atom is -0.350 e. The van der Waals surface area contributed by atoms with Crippen molar-refractivity contribution in [1.82, 2.24) is 10.0 Å². The number of carbonyl (C=O) groups excluding carboxylic acids is 1. The lowest BCUT2D eigenvalue weighted by molar-refractivity contribution is 0.0942. The Morgan fingerprint density at radius 2 is 1.71 bits per heavy atom. The van der Waals surface area contributed by atoms with Gasteiger partial charge in [-0.05, 0) is 50.5 Å². The summed E-state index contributed by atoms with van der Waals surface area (Å²) < 4.78 is 27.0. The molecule has 0 saturated carbocycles. The average Bonchev–Trinajstić information content (AvgIpc) is 2.59. The first kappa shape index (κ1) is 20.6. The predicted octanol–water partition coefficient (Wildman–Crippen LogP) is 2.01. The molecule has 1 rings (SSSR count). The van der Waals surface area contributed by atoms with Crippen molar-refractivity contribution in [3.8, 4) is 0 Å². The number of amides is 1. The second kappa shape index (κ2) is 8.60. The van der Waals surface area contributed by atoms with E-state index in [2.05, 4.69) is 10.0 Å². The molecule has 0 spiro atoms. The Labute approximate surface area is 145 Å². The van der Waals surface area contributed by atoms with Crippen molar-refractivity contribution in [3.05, 3.63) is 29.8 Å². The molecule has 1 atom stereocenters. The minimum absolute atomic E-state index is 0.140. The minimum atomic E-state index is -3.56. The Balaban J connectivity index is 2.79. The van der Waals surface area contributed by atoms with E-state index < -0.39 is 15.6 Å². The van der Waals surface area contributed by atoms with Gasteiger partial charge in [-0.15, -0.1) is 0 Å². The van der Waals surface area contributed by atoms with Gasteiger partial charge >= 0.3 is 0 Å². The molecular formula is C17H29N3O3S. The third kappa shape index (κ3) is 5.58. The largest absolute Gasteiger partial charge is 0.350 e. The van der Waals surface area contributed by atoms with E-state index in [1.807, 2.05) is 20.8 Å². The van der Waals surface area contributed by atoms with E-state index in [9.17, 15) is 13.2 Å². The van der Waals surface area contributed by atoms with Crippen LogP contribution >= 0.6 is 0 Å². The summed E-state index contributed by atoms with van der Waals surface area (Å²) in [4.78, 5) is 12.3. The van der Waals surface area contributed by atoms with Crippen LogP contribution in [0.5, 0.6) is 0 Å². The lowest BCUT2D eigenvalue weighted by atomic mass is 9.94. The van der Waals surface area contributed by atoms with E-state index in [0.29, 0.717) is 18.5 Å². The zero-order valence-corrected chi connectivity index (χ0v) is 15.7. The molecule has 7 heteroatoms. The van der Waals surface area contributed by atoms with Gasteiger partial charge in [0.05, 0.1) is 4.90 Å². The Bertz CT molecular complexity index is 638. The number of nitrogens with one attached hydrogen (secondary N) is 2. The third-order valence-electron chi connectivity index (χ3n) is 4.40. The van der Waals surface area contributed by atoms with E-state index in [1.165, 1.54) is 24.3 Å². The highest BCUT2D eigenvalue weighted by atomic mass is 32.2. The fourth-order valence-corrected chi connectivity index (χ4v) is 3.39. The molecule has 0 aromatic heterocycles. The third-order valence-corrected chi connectivity index (χ3v) is 6.01. The molecule has 0 aliphatic heterocycles. The molecular weight excluding hydrogens is 326 g/mol. The van der Waals surface area contributed by atoms with Crippen LogP contribution in [0.3, 0.4) is 0 Å². The van der Waals surface area contributed by atoms with Gasteiger partial charge in [-0.1, -0.05) is 20.8 Å². The molecule has 0 bridgehead atoms. The number of nitrogens with two attached hydrogens (primary N) is 1. The molecule has 1 aromatic rings. The Kier molecular flexibility index (Phi) is 7.38. The topological polar surface area (TPSA) is 101 Å². The van der Waals surface area contributed by atoms with Crippen LogP contribution in [0.2, 0.25) is 0 Å². The maximum absolute atomic E-state index is 12.2. The zero-order valence-electron chi connectivity index (χ0n) is 14.9. The number of carbonyl (C=O) groups is 1. The van der Waals surface area contributed by atoms with Crippen molar-refractivity contribution in [2.45, 2.75) is 63.4 Å². The predicted molar refractivity (Wildman–Crippen MR) is 96.4 cm³/mol. The number of rotatable bonds is 9. The van der Waals surface area contributed by atoms with E-state index in [-0.39, 0.29) is 16.8 Å². The van der Waals surface area contributed by atoms with Gasteiger partial charge in [0.25, 0.3) is 5.91 Å². The zero-order chi connectivity index (χ0) is 18.4. The summed E-state index contributed by atoms with van der Waals surface area (Å²) in [6, 6.07) is 5.76. The van der Waals surface area contributed by atoms with Crippen molar-refractivity contribution in [2.24, 2.45) is 5.73 Å². The van der Waals surface area contributed by atoms with Crippen LogP contribution in [0.15, 0.2) is 29.2 Å². The van der Waals surface area contributed by atoms with Gasteiger partial charge in [0.2, 0.25) is 10.0 Å². The van der Waals surface area contributed by atoms with Gasteiger partial charge in [0.1, 0.15) is 0 Å². The molecule has 24 heavy (non-hydrogen) atoms. The Hall–Kier alpha value is -1.44. The molecule has 1 aromatic carbocycles. The molecule has 0 heterocycles. The van der Waals surface area contributed by atoms with Crippen molar-refractivity contribution < 1.29 is 13.2 Å². The van der Waals surface area contributed by atoms with E-state index in [1.54, 1.807) is 6.92 Å². The smallest absolute Gasteiger partial charge is 0.251 e. The summed E-state index contributed by atoms with van der Waals surface area (Å²) in [6.07, 6.45) is 2.24. The highest BCUT2D eigenvalue weighted by Crippen LogP contribution is 2.13. The standard InChI is InChI=1S/C17H29N3O3S/c1-5-13(4)20-24(22,23)15-10-8-14(9-11-15)16(21)19-12-17(18,6-2)7-3/h8-11,13,20H,5-7,12,18H2,1-4H3,(H,19,21). The van der Waals surface area contributed by atoms with Crippen LogP contribution in [-0.4, -0.2) is 32.5 Å². The monoisotopic (exact) mass is 355 g/mol. The quantitative estimate of drug-likeness (QED) is 0.630. The molecule has 136 valence electrons. The van der Waals surface area contributed by atoms with Crippen LogP contribution in [-0.2, 0) is 10.0 Å². The molecule has 4 N–H and O–H groups in total.